The number of anilines is 1. The molecule has 19 heavy (non-hydrogen) atoms. The molecule has 0 amide bonds. The zero-order valence-electron chi connectivity index (χ0n) is 12.0. The first-order valence-corrected chi connectivity index (χ1v) is 7.27. The van der Waals surface area contributed by atoms with Gasteiger partial charge < -0.3 is 14.7 Å². The van der Waals surface area contributed by atoms with Gasteiger partial charge in [-0.2, -0.15) is 0 Å². The largest absolute Gasteiger partial charge is 0.477 e. The van der Waals surface area contributed by atoms with E-state index in [-0.39, 0.29) is 5.92 Å². The van der Waals surface area contributed by atoms with E-state index >= 15 is 0 Å². The molecule has 0 aliphatic heterocycles. The molecular weight excluding hydrogens is 264 g/mol. The van der Waals surface area contributed by atoms with Crippen molar-refractivity contribution in [2.75, 3.05) is 32.2 Å². The SMILES string of the molecule is CCC(C)c1nc(N(C)CCCOC)sc1C(=O)O. The number of carboxylic acid groups (broad SMARTS) is 1. The number of hydrogen-bond acceptors (Lipinski definition) is 5. The van der Waals surface area contributed by atoms with Crippen LogP contribution < -0.4 is 4.90 Å². The summed E-state index contributed by atoms with van der Waals surface area (Å²) in [4.78, 5) is 18.1. The molecule has 1 rings (SSSR count). The Morgan fingerprint density at radius 3 is 2.79 bits per heavy atom. The lowest BCUT2D eigenvalue weighted by molar-refractivity contribution is 0.0700. The molecule has 0 aromatic carbocycles. The normalized spacial score (nSPS) is 12.4. The Morgan fingerprint density at radius 2 is 2.26 bits per heavy atom. The lowest BCUT2D eigenvalue weighted by Crippen LogP contribution is -2.19. The number of carboxylic acids is 1. The third-order valence-electron chi connectivity index (χ3n) is 3.08. The van der Waals surface area contributed by atoms with Gasteiger partial charge in [0.15, 0.2) is 5.13 Å². The molecule has 1 aromatic heterocycles. The van der Waals surface area contributed by atoms with Crippen LogP contribution in [0.5, 0.6) is 0 Å². The number of carbonyl (C=O) groups is 1. The van der Waals surface area contributed by atoms with Crippen LogP contribution in [0.25, 0.3) is 0 Å². The zero-order chi connectivity index (χ0) is 14.4. The fraction of sp³-hybridized carbons (Fsp3) is 0.692. The van der Waals surface area contributed by atoms with Crippen molar-refractivity contribution in [2.45, 2.75) is 32.6 Å². The molecule has 0 radical (unpaired) electrons. The Balaban J connectivity index is 2.87. The van der Waals surface area contributed by atoms with Crippen molar-refractivity contribution in [3.8, 4) is 0 Å². The molecule has 108 valence electrons. The van der Waals surface area contributed by atoms with E-state index in [0.29, 0.717) is 17.2 Å². The number of thiazole rings is 1. The topological polar surface area (TPSA) is 62.7 Å². The maximum atomic E-state index is 11.3. The molecule has 1 unspecified atom stereocenters. The lowest BCUT2D eigenvalue weighted by Gasteiger charge is -2.15. The molecule has 0 bridgehead atoms. The van der Waals surface area contributed by atoms with Crippen LogP contribution in [-0.4, -0.2) is 43.4 Å². The maximum absolute atomic E-state index is 11.3. The van der Waals surface area contributed by atoms with E-state index in [1.165, 1.54) is 11.3 Å². The Morgan fingerprint density at radius 1 is 1.58 bits per heavy atom. The Bertz CT molecular complexity index is 420. The smallest absolute Gasteiger partial charge is 0.347 e. The third kappa shape index (κ3) is 4.18. The van der Waals surface area contributed by atoms with E-state index in [1.54, 1.807) is 7.11 Å². The van der Waals surface area contributed by atoms with Crippen molar-refractivity contribution in [1.29, 1.82) is 0 Å². The van der Waals surface area contributed by atoms with E-state index < -0.39 is 5.97 Å². The Labute approximate surface area is 118 Å². The average Bonchev–Trinajstić information content (AvgIpc) is 2.83. The summed E-state index contributed by atoms with van der Waals surface area (Å²) in [6.45, 7) is 5.55. The number of aromatic carboxylic acids is 1. The number of nitrogens with zero attached hydrogens (tertiary/aromatic N) is 2. The van der Waals surface area contributed by atoms with Gasteiger partial charge in [-0.3, -0.25) is 0 Å². The lowest BCUT2D eigenvalue weighted by atomic mass is 10.0. The fourth-order valence-electron chi connectivity index (χ4n) is 1.71. The molecule has 0 saturated heterocycles. The molecule has 1 atom stereocenters. The fourth-order valence-corrected chi connectivity index (χ4v) is 2.72. The second kappa shape index (κ2) is 7.45. The molecular formula is C13H22N2O3S. The standard InChI is InChI=1S/C13H22N2O3S/c1-5-9(2)10-11(12(16)17)19-13(14-10)15(3)7-6-8-18-4/h9H,5-8H2,1-4H3,(H,16,17). The molecule has 1 aromatic rings. The molecule has 0 aliphatic carbocycles. The number of aromatic nitrogens is 1. The summed E-state index contributed by atoms with van der Waals surface area (Å²) in [5.74, 6) is -0.715. The van der Waals surface area contributed by atoms with Crippen LogP contribution >= 0.6 is 11.3 Å². The first kappa shape index (κ1) is 15.9. The summed E-state index contributed by atoms with van der Waals surface area (Å²) in [7, 11) is 3.60. The summed E-state index contributed by atoms with van der Waals surface area (Å²) in [5, 5.41) is 10.0. The van der Waals surface area contributed by atoms with Crippen molar-refractivity contribution in [3.63, 3.8) is 0 Å². The number of rotatable bonds is 8. The minimum atomic E-state index is -0.885. The van der Waals surface area contributed by atoms with Gasteiger partial charge in [0.05, 0.1) is 5.69 Å². The van der Waals surface area contributed by atoms with Crippen molar-refractivity contribution in [3.05, 3.63) is 10.6 Å². The molecule has 0 spiro atoms. The second-order valence-electron chi connectivity index (χ2n) is 4.59. The summed E-state index contributed by atoms with van der Waals surface area (Å²) < 4.78 is 5.01. The molecule has 1 heterocycles. The minimum Gasteiger partial charge on any atom is -0.477 e. The zero-order valence-corrected chi connectivity index (χ0v) is 12.8. The Kier molecular flexibility index (Phi) is 6.24. The molecule has 0 saturated carbocycles. The van der Waals surface area contributed by atoms with E-state index in [2.05, 4.69) is 4.98 Å². The molecule has 1 N–H and O–H groups in total. The average molecular weight is 286 g/mol. The van der Waals surface area contributed by atoms with E-state index in [0.717, 1.165) is 24.5 Å². The van der Waals surface area contributed by atoms with Crippen molar-refractivity contribution < 1.29 is 14.6 Å². The quantitative estimate of drug-likeness (QED) is 0.745. The van der Waals surface area contributed by atoms with Crippen molar-refractivity contribution in [2.24, 2.45) is 0 Å². The first-order valence-electron chi connectivity index (χ1n) is 6.45. The van der Waals surface area contributed by atoms with Gasteiger partial charge in [-0.1, -0.05) is 25.2 Å². The van der Waals surface area contributed by atoms with Crippen LogP contribution in [0.3, 0.4) is 0 Å². The number of ether oxygens (including phenoxy) is 1. The highest BCUT2D eigenvalue weighted by Crippen LogP contribution is 2.31. The van der Waals surface area contributed by atoms with Gasteiger partial charge in [-0.05, 0) is 18.8 Å². The van der Waals surface area contributed by atoms with Crippen LogP contribution in [0.4, 0.5) is 5.13 Å². The molecule has 0 fully saturated rings. The van der Waals surface area contributed by atoms with Crippen LogP contribution in [-0.2, 0) is 4.74 Å². The van der Waals surface area contributed by atoms with Gasteiger partial charge in [0.25, 0.3) is 0 Å². The summed E-state index contributed by atoms with van der Waals surface area (Å²) in [6, 6.07) is 0. The van der Waals surface area contributed by atoms with E-state index in [9.17, 15) is 9.90 Å². The second-order valence-corrected chi connectivity index (χ2v) is 5.57. The number of hydrogen-bond donors (Lipinski definition) is 1. The van der Waals surface area contributed by atoms with Gasteiger partial charge in [-0.25, -0.2) is 9.78 Å². The third-order valence-corrected chi connectivity index (χ3v) is 4.26. The first-order chi connectivity index (χ1) is 9.01. The highest BCUT2D eigenvalue weighted by molar-refractivity contribution is 7.17. The molecule has 0 aliphatic rings. The Hall–Kier alpha value is -1.14. The highest BCUT2D eigenvalue weighted by Gasteiger charge is 2.22. The van der Waals surface area contributed by atoms with Gasteiger partial charge in [0.1, 0.15) is 4.88 Å². The van der Waals surface area contributed by atoms with E-state index in [4.69, 9.17) is 4.74 Å². The maximum Gasteiger partial charge on any atom is 0.347 e. The van der Waals surface area contributed by atoms with E-state index in [1.807, 2.05) is 25.8 Å². The predicted octanol–water partition coefficient (Wildman–Crippen LogP) is 2.83. The summed E-state index contributed by atoms with van der Waals surface area (Å²) in [5.41, 5.74) is 0.702. The van der Waals surface area contributed by atoms with Gasteiger partial charge in [0, 0.05) is 27.3 Å². The summed E-state index contributed by atoms with van der Waals surface area (Å²) >= 11 is 1.25. The molecule has 5 nitrogen and oxygen atoms in total. The van der Waals surface area contributed by atoms with Crippen molar-refractivity contribution >= 4 is 22.4 Å². The highest BCUT2D eigenvalue weighted by atomic mass is 32.1. The monoisotopic (exact) mass is 286 g/mol. The van der Waals surface area contributed by atoms with Crippen LogP contribution in [0.2, 0.25) is 0 Å². The van der Waals surface area contributed by atoms with Gasteiger partial charge in [-0.15, -0.1) is 0 Å². The number of methoxy groups -OCH3 is 1. The minimum absolute atomic E-state index is 0.170. The molecule has 6 heteroatoms. The van der Waals surface area contributed by atoms with Crippen LogP contribution in [0.15, 0.2) is 0 Å². The van der Waals surface area contributed by atoms with Gasteiger partial charge >= 0.3 is 5.97 Å². The predicted molar refractivity (Wildman–Crippen MR) is 77.5 cm³/mol. The van der Waals surface area contributed by atoms with Crippen molar-refractivity contribution in [1.82, 2.24) is 4.98 Å². The van der Waals surface area contributed by atoms with Crippen LogP contribution in [0.1, 0.15) is 48.0 Å². The van der Waals surface area contributed by atoms with Gasteiger partial charge in [0.2, 0.25) is 0 Å². The summed E-state index contributed by atoms with van der Waals surface area (Å²) in [6.07, 6.45) is 1.78. The van der Waals surface area contributed by atoms with Crippen LogP contribution in [0, 0.1) is 0 Å².